The van der Waals surface area contributed by atoms with Gasteiger partial charge in [0.2, 0.25) is 4.96 Å². The summed E-state index contributed by atoms with van der Waals surface area (Å²) in [6.07, 6.45) is 1.84. The first-order valence-electron chi connectivity index (χ1n) is 6.16. The van der Waals surface area contributed by atoms with E-state index in [2.05, 4.69) is 27.4 Å². The number of hydrogen-bond donors (Lipinski definition) is 1. The first kappa shape index (κ1) is 12.1. The van der Waals surface area contributed by atoms with E-state index in [0.29, 0.717) is 0 Å². The van der Waals surface area contributed by atoms with Crippen LogP contribution in [0, 0.1) is 13.8 Å². The van der Waals surface area contributed by atoms with Crippen LogP contribution in [0.1, 0.15) is 22.0 Å². The summed E-state index contributed by atoms with van der Waals surface area (Å²) < 4.78 is 1.80. The van der Waals surface area contributed by atoms with Crippen molar-refractivity contribution in [2.24, 2.45) is 0 Å². The lowest BCUT2D eigenvalue weighted by atomic mass is 10.1. The molecule has 3 rings (SSSR count). The van der Waals surface area contributed by atoms with Gasteiger partial charge < -0.3 is 5.73 Å². The molecule has 0 saturated heterocycles. The Kier molecular flexibility index (Phi) is 2.94. The van der Waals surface area contributed by atoms with Crippen LogP contribution in [0.2, 0.25) is 0 Å². The molecule has 0 fully saturated rings. The maximum atomic E-state index is 5.92. The van der Waals surface area contributed by atoms with Crippen molar-refractivity contribution >= 4 is 22.0 Å². The first-order valence-corrected chi connectivity index (χ1v) is 6.98. The van der Waals surface area contributed by atoms with Crippen LogP contribution >= 0.6 is 11.3 Å². The molecule has 2 N–H and O–H groups in total. The van der Waals surface area contributed by atoms with Gasteiger partial charge in [0.25, 0.3) is 0 Å². The van der Waals surface area contributed by atoms with E-state index in [-0.39, 0.29) is 0 Å². The number of aromatic nitrogens is 4. The van der Waals surface area contributed by atoms with Gasteiger partial charge in [0.15, 0.2) is 5.82 Å². The van der Waals surface area contributed by atoms with E-state index in [1.54, 1.807) is 15.9 Å². The summed E-state index contributed by atoms with van der Waals surface area (Å²) in [4.78, 5) is 0.857. The zero-order valence-corrected chi connectivity index (χ0v) is 11.7. The summed E-state index contributed by atoms with van der Waals surface area (Å²) in [5.74, 6) is 0.831. The molecule has 0 aliphatic rings. The fourth-order valence-electron chi connectivity index (χ4n) is 1.95. The molecule has 0 aliphatic carbocycles. The van der Waals surface area contributed by atoms with Gasteiger partial charge in [0.1, 0.15) is 5.01 Å². The van der Waals surface area contributed by atoms with Gasteiger partial charge in [-0.15, -0.1) is 10.2 Å². The average Bonchev–Trinajstić information content (AvgIpc) is 2.94. The van der Waals surface area contributed by atoms with Gasteiger partial charge in [-0.3, -0.25) is 0 Å². The van der Waals surface area contributed by atoms with E-state index in [1.165, 1.54) is 5.56 Å². The van der Waals surface area contributed by atoms with Gasteiger partial charge in [-0.25, -0.2) is 0 Å². The molecular weight excluding hydrogens is 258 g/mol. The highest BCUT2D eigenvalue weighted by Crippen LogP contribution is 2.18. The minimum atomic E-state index is 0.831. The van der Waals surface area contributed by atoms with Gasteiger partial charge in [0.05, 0.1) is 0 Å². The third kappa shape index (κ3) is 2.31. The fraction of sp³-hybridized carbons (Fsp3) is 0.308. The number of aryl methyl sites for hydroxylation is 4. The first-order chi connectivity index (χ1) is 9.13. The van der Waals surface area contributed by atoms with Crippen LogP contribution in [0.3, 0.4) is 0 Å². The predicted molar refractivity (Wildman–Crippen MR) is 76.4 cm³/mol. The molecule has 0 spiro atoms. The van der Waals surface area contributed by atoms with Crippen LogP contribution < -0.4 is 5.73 Å². The van der Waals surface area contributed by atoms with E-state index in [4.69, 9.17) is 5.73 Å². The highest BCUT2D eigenvalue weighted by atomic mass is 32.1. The molecule has 0 amide bonds. The molecule has 0 unspecified atom stereocenters. The normalized spacial score (nSPS) is 11.3. The van der Waals surface area contributed by atoms with Crippen molar-refractivity contribution in [1.29, 1.82) is 0 Å². The topological polar surface area (TPSA) is 69.1 Å². The third-order valence-corrected chi connectivity index (χ3v) is 4.12. The molecule has 98 valence electrons. The molecule has 2 heterocycles. The van der Waals surface area contributed by atoms with Crippen LogP contribution in [0.5, 0.6) is 0 Å². The molecule has 2 aromatic heterocycles. The van der Waals surface area contributed by atoms with Gasteiger partial charge in [0, 0.05) is 12.1 Å². The Morgan fingerprint density at radius 1 is 1.21 bits per heavy atom. The van der Waals surface area contributed by atoms with Crippen LogP contribution in [0.15, 0.2) is 18.2 Å². The summed E-state index contributed by atoms with van der Waals surface area (Å²) in [6.45, 7) is 3.93. The number of nitrogens with zero attached hydrogens (tertiary/aromatic N) is 4. The number of rotatable bonds is 3. The number of benzene rings is 1. The Morgan fingerprint density at radius 2 is 2.05 bits per heavy atom. The molecule has 0 bridgehead atoms. The lowest BCUT2D eigenvalue weighted by Gasteiger charge is -2.03. The summed E-state index contributed by atoms with van der Waals surface area (Å²) in [5, 5.41) is 13.6. The van der Waals surface area contributed by atoms with E-state index >= 15 is 0 Å². The van der Waals surface area contributed by atoms with Crippen molar-refractivity contribution < 1.29 is 0 Å². The second-order valence-electron chi connectivity index (χ2n) is 4.63. The lowest BCUT2D eigenvalue weighted by Crippen LogP contribution is -1.96. The number of hydrogen-bond acceptors (Lipinski definition) is 5. The van der Waals surface area contributed by atoms with Crippen LogP contribution in [0.25, 0.3) is 4.96 Å². The van der Waals surface area contributed by atoms with Crippen molar-refractivity contribution in [3.63, 3.8) is 0 Å². The molecule has 1 aromatic carbocycles. The van der Waals surface area contributed by atoms with E-state index in [0.717, 1.165) is 39.9 Å². The molecule has 0 atom stereocenters. The summed E-state index contributed by atoms with van der Waals surface area (Å²) >= 11 is 1.59. The highest BCUT2D eigenvalue weighted by molar-refractivity contribution is 7.16. The van der Waals surface area contributed by atoms with E-state index < -0.39 is 0 Å². The maximum absolute atomic E-state index is 5.92. The van der Waals surface area contributed by atoms with Gasteiger partial charge in [-0.1, -0.05) is 23.5 Å². The Hall–Kier alpha value is -1.95. The molecule has 0 radical (unpaired) electrons. The molecule has 3 aromatic rings. The van der Waals surface area contributed by atoms with Gasteiger partial charge in [-0.05, 0) is 37.5 Å². The zero-order chi connectivity index (χ0) is 13.4. The minimum absolute atomic E-state index is 0.831. The molecule has 6 heteroatoms. The number of nitrogens with two attached hydrogens (primary N) is 1. The average molecular weight is 273 g/mol. The smallest absolute Gasteiger partial charge is 0.234 e. The van der Waals surface area contributed by atoms with E-state index in [1.807, 2.05) is 19.9 Å². The Morgan fingerprint density at radius 3 is 2.79 bits per heavy atom. The van der Waals surface area contributed by atoms with Gasteiger partial charge in [-0.2, -0.15) is 9.61 Å². The lowest BCUT2D eigenvalue weighted by molar-refractivity contribution is 0.833. The monoisotopic (exact) mass is 273 g/mol. The minimum Gasteiger partial charge on any atom is -0.399 e. The SMILES string of the molecule is Cc1ccc(CCc2nn3c(C)nnc3s2)cc1N. The molecule has 19 heavy (non-hydrogen) atoms. The Labute approximate surface area is 115 Å². The van der Waals surface area contributed by atoms with Crippen molar-refractivity contribution in [2.75, 3.05) is 5.73 Å². The largest absolute Gasteiger partial charge is 0.399 e. The molecule has 0 aliphatic heterocycles. The molecule has 5 nitrogen and oxygen atoms in total. The quantitative estimate of drug-likeness (QED) is 0.743. The standard InChI is InChI=1S/C13H15N5S/c1-8-3-4-10(7-11(8)14)5-6-12-17-18-9(2)15-16-13(18)19-12/h3-4,7H,5-6,14H2,1-2H3. The van der Waals surface area contributed by atoms with Crippen LogP contribution in [-0.2, 0) is 12.8 Å². The summed E-state index contributed by atoms with van der Waals surface area (Å²) in [5.41, 5.74) is 9.14. The Balaban J connectivity index is 1.76. The molecule has 0 saturated carbocycles. The highest BCUT2D eigenvalue weighted by Gasteiger charge is 2.08. The maximum Gasteiger partial charge on any atom is 0.234 e. The number of fused-ring (bicyclic) bond motifs is 1. The zero-order valence-electron chi connectivity index (χ0n) is 10.9. The van der Waals surface area contributed by atoms with Crippen molar-refractivity contribution in [3.05, 3.63) is 40.2 Å². The Bertz CT molecular complexity index is 728. The van der Waals surface area contributed by atoms with Crippen molar-refractivity contribution in [1.82, 2.24) is 19.8 Å². The second kappa shape index (κ2) is 4.62. The fourth-order valence-corrected chi connectivity index (χ4v) is 2.83. The van der Waals surface area contributed by atoms with Crippen molar-refractivity contribution in [3.8, 4) is 0 Å². The van der Waals surface area contributed by atoms with Crippen LogP contribution in [0.4, 0.5) is 5.69 Å². The van der Waals surface area contributed by atoms with Crippen LogP contribution in [-0.4, -0.2) is 19.8 Å². The second-order valence-corrected chi connectivity index (χ2v) is 5.67. The summed E-state index contributed by atoms with van der Waals surface area (Å²) in [6, 6.07) is 6.23. The van der Waals surface area contributed by atoms with E-state index in [9.17, 15) is 0 Å². The van der Waals surface area contributed by atoms with Crippen molar-refractivity contribution in [2.45, 2.75) is 26.7 Å². The van der Waals surface area contributed by atoms with Gasteiger partial charge >= 0.3 is 0 Å². The number of nitrogen functional groups attached to an aromatic ring is 1. The third-order valence-electron chi connectivity index (χ3n) is 3.16. The summed E-state index contributed by atoms with van der Waals surface area (Å²) in [7, 11) is 0. The predicted octanol–water partition coefficient (Wildman–Crippen LogP) is 2.17. The number of anilines is 1. The molecular formula is C13H15N5S.